The van der Waals surface area contributed by atoms with E-state index in [9.17, 15) is 4.79 Å². The van der Waals surface area contributed by atoms with Crippen LogP contribution in [0.25, 0.3) is 0 Å². The number of hydrogen-bond donors (Lipinski definition) is 2. The first kappa shape index (κ1) is 15.8. The molecule has 0 bridgehead atoms. The van der Waals surface area contributed by atoms with Crippen LogP contribution in [-0.4, -0.2) is 24.2 Å². The maximum atomic E-state index is 11.7. The molecule has 0 aliphatic rings. The summed E-state index contributed by atoms with van der Waals surface area (Å²) in [5.74, 6) is 0.527. The first-order valence-electron chi connectivity index (χ1n) is 6.50. The van der Waals surface area contributed by atoms with E-state index in [4.69, 9.17) is 21.4 Å². The van der Waals surface area contributed by atoms with Crippen LogP contribution < -0.4 is 10.1 Å². The molecular formula is C14H20ClNO3. The standard InChI is InChI=1S/C14H20ClNO3/c1-2-9-19-13-7-6-11(15)10-12(13)16-14(18)5-3-4-8-17/h6-7,10,17H,2-5,8-9H2,1H3,(H,16,18). The smallest absolute Gasteiger partial charge is 0.224 e. The van der Waals surface area contributed by atoms with Gasteiger partial charge in [-0.25, -0.2) is 0 Å². The summed E-state index contributed by atoms with van der Waals surface area (Å²) in [6, 6.07) is 5.16. The zero-order chi connectivity index (χ0) is 14.1. The third-order valence-corrected chi connectivity index (χ3v) is 2.72. The van der Waals surface area contributed by atoms with Gasteiger partial charge in [0.2, 0.25) is 5.91 Å². The lowest BCUT2D eigenvalue weighted by atomic mass is 10.2. The Bertz CT molecular complexity index is 410. The van der Waals surface area contributed by atoms with E-state index in [0.29, 0.717) is 42.3 Å². The van der Waals surface area contributed by atoms with Crippen LogP contribution in [0.3, 0.4) is 0 Å². The normalized spacial score (nSPS) is 10.3. The molecular weight excluding hydrogens is 266 g/mol. The van der Waals surface area contributed by atoms with Crippen LogP contribution in [-0.2, 0) is 4.79 Å². The molecule has 19 heavy (non-hydrogen) atoms. The Morgan fingerprint density at radius 2 is 2.21 bits per heavy atom. The van der Waals surface area contributed by atoms with Crippen molar-refractivity contribution in [2.75, 3.05) is 18.5 Å². The van der Waals surface area contributed by atoms with Crippen LogP contribution in [0.5, 0.6) is 5.75 Å². The van der Waals surface area contributed by atoms with Crippen molar-refractivity contribution in [2.24, 2.45) is 0 Å². The minimum atomic E-state index is -0.0999. The van der Waals surface area contributed by atoms with Gasteiger partial charge >= 0.3 is 0 Å². The molecule has 5 heteroatoms. The highest BCUT2D eigenvalue weighted by Crippen LogP contribution is 2.28. The Kier molecular flexibility index (Phi) is 7.30. The summed E-state index contributed by atoms with van der Waals surface area (Å²) in [5, 5.41) is 12.0. The van der Waals surface area contributed by atoms with Gasteiger partial charge in [-0.05, 0) is 37.5 Å². The van der Waals surface area contributed by atoms with Crippen molar-refractivity contribution in [2.45, 2.75) is 32.6 Å². The van der Waals surface area contributed by atoms with Crippen molar-refractivity contribution in [1.29, 1.82) is 0 Å². The van der Waals surface area contributed by atoms with Gasteiger partial charge in [0.15, 0.2) is 0 Å². The molecule has 2 N–H and O–H groups in total. The minimum Gasteiger partial charge on any atom is -0.491 e. The highest BCUT2D eigenvalue weighted by Gasteiger charge is 2.08. The molecule has 0 aliphatic carbocycles. The van der Waals surface area contributed by atoms with Crippen molar-refractivity contribution in [3.63, 3.8) is 0 Å². The van der Waals surface area contributed by atoms with E-state index < -0.39 is 0 Å². The van der Waals surface area contributed by atoms with Crippen LogP contribution in [0.4, 0.5) is 5.69 Å². The molecule has 1 amide bonds. The number of halogens is 1. The fourth-order valence-electron chi connectivity index (χ4n) is 1.55. The van der Waals surface area contributed by atoms with Crippen LogP contribution in [0.1, 0.15) is 32.6 Å². The maximum Gasteiger partial charge on any atom is 0.224 e. The van der Waals surface area contributed by atoms with Gasteiger partial charge in [0.05, 0.1) is 12.3 Å². The summed E-state index contributed by atoms with van der Waals surface area (Å²) in [4.78, 5) is 11.7. The first-order valence-corrected chi connectivity index (χ1v) is 6.88. The molecule has 106 valence electrons. The average Bonchev–Trinajstić information content (AvgIpc) is 2.38. The van der Waals surface area contributed by atoms with E-state index in [0.717, 1.165) is 6.42 Å². The van der Waals surface area contributed by atoms with E-state index >= 15 is 0 Å². The SMILES string of the molecule is CCCOc1ccc(Cl)cc1NC(=O)CCCCO. The van der Waals surface area contributed by atoms with Gasteiger partial charge in [0.1, 0.15) is 5.75 Å². The summed E-state index contributed by atoms with van der Waals surface area (Å²) in [7, 11) is 0. The van der Waals surface area contributed by atoms with Gasteiger partial charge in [-0.2, -0.15) is 0 Å². The number of aliphatic hydroxyl groups excluding tert-OH is 1. The zero-order valence-electron chi connectivity index (χ0n) is 11.1. The number of benzene rings is 1. The molecule has 0 aliphatic heterocycles. The van der Waals surface area contributed by atoms with Crippen molar-refractivity contribution in [1.82, 2.24) is 0 Å². The van der Waals surface area contributed by atoms with E-state index in [1.54, 1.807) is 18.2 Å². The average molecular weight is 286 g/mol. The molecule has 0 spiro atoms. The Balaban J connectivity index is 2.63. The number of ether oxygens (including phenoxy) is 1. The summed E-state index contributed by atoms with van der Waals surface area (Å²) in [5.41, 5.74) is 0.593. The summed E-state index contributed by atoms with van der Waals surface area (Å²) in [6.45, 7) is 2.72. The van der Waals surface area contributed by atoms with E-state index in [1.165, 1.54) is 0 Å². The summed E-state index contributed by atoms with van der Waals surface area (Å²) >= 11 is 5.92. The number of unbranched alkanes of at least 4 members (excludes halogenated alkanes) is 1. The number of carbonyl (C=O) groups excluding carboxylic acids is 1. The lowest BCUT2D eigenvalue weighted by Crippen LogP contribution is -2.12. The van der Waals surface area contributed by atoms with Crippen molar-refractivity contribution >= 4 is 23.2 Å². The summed E-state index contributed by atoms with van der Waals surface area (Å²) < 4.78 is 5.55. The Morgan fingerprint density at radius 3 is 2.89 bits per heavy atom. The van der Waals surface area contributed by atoms with Gasteiger partial charge in [-0.15, -0.1) is 0 Å². The molecule has 1 rings (SSSR count). The molecule has 0 heterocycles. The third-order valence-electron chi connectivity index (χ3n) is 2.49. The van der Waals surface area contributed by atoms with Gasteiger partial charge < -0.3 is 15.2 Å². The fourth-order valence-corrected chi connectivity index (χ4v) is 1.72. The summed E-state index contributed by atoms with van der Waals surface area (Å²) in [6.07, 6.45) is 2.56. The second-order valence-corrected chi connectivity index (χ2v) is 4.65. The highest BCUT2D eigenvalue weighted by molar-refractivity contribution is 6.31. The molecule has 1 aromatic carbocycles. The maximum absolute atomic E-state index is 11.7. The molecule has 0 radical (unpaired) electrons. The highest BCUT2D eigenvalue weighted by atomic mass is 35.5. The lowest BCUT2D eigenvalue weighted by molar-refractivity contribution is -0.116. The number of amides is 1. The monoisotopic (exact) mass is 285 g/mol. The Morgan fingerprint density at radius 1 is 1.42 bits per heavy atom. The predicted octanol–water partition coefficient (Wildman–Crippen LogP) is 3.23. The number of hydrogen-bond acceptors (Lipinski definition) is 3. The quantitative estimate of drug-likeness (QED) is 0.721. The van der Waals surface area contributed by atoms with Crippen LogP contribution in [0, 0.1) is 0 Å². The molecule has 0 unspecified atom stereocenters. The Labute approximate surface area is 118 Å². The van der Waals surface area contributed by atoms with Gasteiger partial charge in [0.25, 0.3) is 0 Å². The zero-order valence-corrected chi connectivity index (χ0v) is 11.9. The lowest BCUT2D eigenvalue weighted by Gasteiger charge is -2.12. The second kappa shape index (κ2) is 8.77. The minimum absolute atomic E-state index is 0.0999. The van der Waals surface area contributed by atoms with Gasteiger partial charge in [-0.1, -0.05) is 18.5 Å². The molecule has 0 fully saturated rings. The van der Waals surface area contributed by atoms with E-state index in [-0.39, 0.29) is 12.5 Å². The van der Waals surface area contributed by atoms with E-state index in [2.05, 4.69) is 5.32 Å². The van der Waals surface area contributed by atoms with Gasteiger partial charge in [-0.3, -0.25) is 4.79 Å². The third kappa shape index (κ3) is 5.94. The largest absolute Gasteiger partial charge is 0.491 e. The molecule has 0 aromatic heterocycles. The number of carbonyl (C=O) groups is 1. The number of rotatable bonds is 8. The molecule has 4 nitrogen and oxygen atoms in total. The number of anilines is 1. The van der Waals surface area contributed by atoms with Gasteiger partial charge in [0, 0.05) is 18.1 Å². The fraction of sp³-hybridized carbons (Fsp3) is 0.500. The molecule has 0 saturated heterocycles. The van der Waals surface area contributed by atoms with Crippen molar-refractivity contribution in [3.05, 3.63) is 23.2 Å². The Hall–Kier alpha value is -1.26. The number of nitrogens with one attached hydrogen (secondary N) is 1. The second-order valence-electron chi connectivity index (χ2n) is 4.22. The van der Waals surface area contributed by atoms with Crippen molar-refractivity contribution in [3.8, 4) is 5.75 Å². The van der Waals surface area contributed by atoms with Crippen molar-refractivity contribution < 1.29 is 14.6 Å². The first-order chi connectivity index (χ1) is 9.17. The topological polar surface area (TPSA) is 58.6 Å². The molecule has 1 aromatic rings. The molecule has 0 saturated carbocycles. The molecule has 0 atom stereocenters. The predicted molar refractivity (Wildman–Crippen MR) is 76.8 cm³/mol. The number of aliphatic hydroxyl groups is 1. The van der Waals surface area contributed by atoms with Crippen LogP contribution >= 0.6 is 11.6 Å². The van der Waals surface area contributed by atoms with Crippen LogP contribution in [0.15, 0.2) is 18.2 Å². The van der Waals surface area contributed by atoms with E-state index in [1.807, 2.05) is 6.92 Å². The van der Waals surface area contributed by atoms with Crippen LogP contribution in [0.2, 0.25) is 5.02 Å².